The van der Waals surface area contributed by atoms with Gasteiger partial charge in [-0.3, -0.25) is 4.79 Å². The number of ether oxygens (including phenoxy) is 2. The molecule has 0 fully saturated rings. The minimum absolute atomic E-state index is 0.0131. The molecule has 1 aliphatic heterocycles. The molecule has 4 rings (SSSR count). The highest BCUT2D eigenvalue weighted by Gasteiger charge is 2.25. The van der Waals surface area contributed by atoms with Crippen molar-refractivity contribution in [1.82, 2.24) is 15.1 Å². The fraction of sp³-hybridized carbons (Fsp3) is 0.348. The summed E-state index contributed by atoms with van der Waals surface area (Å²) >= 11 is 1.24. The van der Waals surface area contributed by atoms with Crippen molar-refractivity contribution in [2.45, 2.75) is 32.1 Å². The number of hydrogen-bond donors (Lipinski definition) is 0. The summed E-state index contributed by atoms with van der Waals surface area (Å²) in [6.07, 6.45) is -0.205. The number of thioether (sulfide) groups is 1. The summed E-state index contributed by atoms with van der Waals surface area (Å²) in [5.41, 5.74) is 3.24. The number of amides is 1. The Kier molecular flexibility index (Phi) is 6.46. The molecule has 0 saturated heterocycles. The minimum atomic E-state index is -0.205. The van der Waals surface area contributed by atoms with Gasteiger partial charge in [0.05, 0.1) is 12.3 Å². The Bertz CT molecular complexity index is 1070. The smallest absolute Gasteiger partial charge is 0.277 e. The van der Waals surface area contributed by atoms with Crippen molar-refractivity contribution in [1.29, 1.82) is 0 Å². The van der Waals surface area contributed by atoms with E-state index >= 15 is 0 Å². The molecule has 0 radical (unpaired) electrons. The maximum Gasteiger partial charge on any atom is 0.277 e. The zero-order valence-electron chi connectivity index (χ0n) is 17.8. The van der Waals surface area contributed by atoms with Gasteiger partial charge in [0, 0.05) is 12.1 Å². The van der Waals surface area contributed by atoms with Crippen LogP contribution in [0.1, 0.15) is 18.1 Å². The first kappa shape index (κ1) is 21.2. The Balaban J connectivity index is 1.32. The molecule has 2 aromatic carbocycles. The number of nitrogens with zero attached hydrogens (tertiary/aromatic N) is 3. The Morgan fingerprint density at radius 2 is 1.94 bits per heavy atom. The lowest BCUT2D eigenvalue weighted by Crippen LogP contribution is -2.44. The molecule has 1 amide bonds. The second-order valence-corrected chi connectivity index (χ2v) is 8.32. The quantitative estimate of drug-likeness (QED) is 0.512. The Labute approximate surface area is 185 Å². The highest BCUT2D eigenvalue weighted by Crippen LogP contribution is 2.31. The van der Waals surface area contributed by atoms with Gasteiger partial charge >= 0.3 is 0 Å². The minimum Gasteiger partial charge on any atom is -0.486 e. The molecule has 0 bridgehead atoms. The van der Waals surface area contributed by atoms with Gasteiger partial charge in [-0.25, -0.2) is 0 Å². The monoisotopic (exact) mass is 439 g/mol. The van der Waals surface area contributed by atoms with Crippen molar-refractivity contribution < 1.29 is 18.7 Å². The first-order valence-electron chi connectivity index (χ1n) is 10.2. The molecule has 1 aromatic heterocycles. The fourth-order valence-corrected chi connectivity index (χ4v) is 3.95. The SMILES string of the molecule is CCN(CC1COc2ccccc2O1)C(=O)CSc1nnc(-c2ccc(C)c(C)c2)o1. The van der Waals surface area contributed by atoms with Crippen molar-refractivity contribution in [2.75, 3.05) is 25.4 Å². The number of aromatic nitrogens is 2. The number of carbonyl (C=O) groups excluding carboxylic acids is 1. The number of carbonyl (C=O) groups is 1. The Hall–Kier alpha value is -3.00. The Morgan fingerprint density at radius 1 is 1.13 bits per heavy atom. The first-order chi connectivity index (χ1) is 15.0. The Morgan fingerprint density at radius 3 is 2.71 bits per heavy atom. The van der Waals surface area contributed by atoms with Crippen LogP contribution in [0.4, 0.5) is 0 Å². The van der Waals surface area contributed by atoms with Crippen LogP contribution in [0.2, 0.25) is 0 Å². The molecule has 0 aliphatic carbocycles. The van der Waals surface area contributed by atoms with Gasteiger partial charge in [0.15, 0.2) is 17.6 Å². The summed E-state index contributed by atoms with van der Waals surface area (Å²) < 4.78 is 17.5. The normalized spacial score (nSPS) is 15.0. The lowest BCUT2D eigenvalue weighted by atomic mass is 10.1. The van der Waals surface area contributed by atoms with E-state index in [-0.39, 0.29) is 17.8 Å². The first-order valence-corrected chi connectivity index (χ1v) is 11.2. The van der Waals surface area contributed by atoms with Gasteiger partial charge in [-0.1, -0.05) is 30.0 Å². The van der Waals surface area contributed by atoms with E-state index in [0.29, 0.717) is 36.6 Å². The van der Waals surface area contributed by atoms with E-state index in [4.69, 9.17) is 13.9 Å². The van der Waals surface area contributed by atoms with Gasteiger partial charge in [0.25, 0.3) is 5.22 Å². The molecule has 0 N–H and O–H groups in total. The van der Waals surface area contributed by atoms with Gasteiger partial charge in [0.1, 0.15) is 6.61 Å². The van der Waals surface area contributed by atoms with Crippen LogP contribution in [0.3, 0.4) is 0 Å². The maximum absolute atomic E-state index is 12.7. The molecule has 31 heavy (non-hydrogen) atoms. The van der Waals surface area contributed by atoms with Crippen LogP contribution in [0.25, 0.3) is 11.5 Å². The van der Waals surface area contributed by atoms with Crippen LogP contribution in [0, 0.1) is 13.8 Å². The van der Waals surface area contributed by atoms with Crippen molar-refractivity contribution in [3.05, 3.63) is 53.6 Å². The second-order valence-electron chi connectivity index (χ2n) is 7.39. The molecule has 0 saturated carbocycles. The fourth-order valence-electron chi connectivity index (χ4n) is 3.28. The van der Waals surface area contributed by atoms with Crippen LogP contribution in [0.5, 0.6) is 11.5 Å². The predicted molar refractivity (Wildman–Crippen MR) is 119 cm³/mol. The zero-order valence-corrected chi connectivity index (χ0v) is 18.6. The molecule has 2 heterocycles. The van der Waals surface area contributed by atoms with E-state index in [0.717, 1.165) is 16.9 Å². The van der Waals surface area contributed by atoms with Crippen LogP contribution in [-0.4, -0.2) is 52.6 Å². The predicted octanol–water partition coefficient (Wildman–Crippen LogP) is 4.13. The molecule has 0 spiro atoms. The maximum atomic E-state index is 12.7. The third-order valence-corrected chi connectivity index (χ3v) is 6.01. The van der Waals surface area contributed by atoms with Crippen molar-refractivity contribution in [3.63, 3.8) is 0 Å². The average Bonchev–Trinajstić information content (AvgIpc) is 3.26. The third-order valence-electron chi connectivity index (χ3n) is 5.21. The van der Waals surface area contributed by atoms with E-state index < -0.39 is 0 Å². The number of aryl methyl sites for hydroxylation is 2. The third kappa shape index (κ3) is 5.02. The van der Waals surface area contributed by atoms with E-state index in [1.165, 1.54) is 17.3 Å². The summed E-state index contributed by atoms with van der Waals surface area (Å²) in [5.74, 6) is 2.10. The highest BCUT2D eigenvalue weighted by atomic mass is 32.2. The van der Waals surface area contributed by atoms with Crippen LogP contribution < -0.4 is 9.47 Å². The van der Waals surface area contributed by atoms with Gasteiger partial charge in [0.2, 0.25) is 11.8 Å². The van der Waals surface area contributed by atoms with Crippen LogP contribution in [0.15, 0.2) is 52.1 Å². The molecule has 1 unspecified atom stereocenters. The van der Waals surface area contributed by atoms with E-state index in [9.17, 15) is 4.79 Å². The molecule has 3 aromatic rings. The van der Waals surface area contributed by atoms with E-state index in [1.807, 2.05) is 56.3 Å². The lowest BCUT2D eigenvalue weighted by molar-refractivity contribution is -0.129. The molecular formula is C23H25N3O4S. The van der Waals surface area contributed by atoms with Crippen LogP contribution in [-0.2, 0) is 4.79 Å². The van der Waals surface area contributed by atoms with Crippen molar-refractivity contribution in [2.24, 2.45) is 0 Å². The lowest BCUT2D eigenvalue weighted by Gasteiger charge is -2.30. The number of fused-ring (bicyclic) bond motifs is 1. The average molecular weight is 440 g/mol. The molecule has 1 aliphatic rings. The molecule has 162 valence electrons. The molecule has 1 atom stereocenters. The van der Waals surface area contributed by atoms with E-state index in [1.54, 1.807) is 4.90 Å². The number of rotatable bonds is 7. The summed E-state index contributed by atoms with van der Waals surface area (Å²) in [6, 6.07) is 13.6. The zero-order chi connectivity index (χ0) is 21.8. The van der Waals surface area contributed by atoms with Gasteiger partial charge in [-0.2, -0.15) is 0 Å². The molecule has 8 heteroatoms. The number of hydrogen-bond acceptors (Lipinski definition) is 7. The largest absolute Gasteiger partial charge is 0.486 e. The summed E-state index contributed by atoms with van der Waals surface area (Å²) in [4.78, 5) is 14.5. The van der Waals surface area contributed by atoms with Gasteiger partial charge < -0.3 is 18.8 Å². The number of benzene rings is 2. The van der Waals surface area contributed by atoms with E-state index in [2.05, 4.69) is 17.1 Å². The highest BCUT2D eigenvalue weighted by molar-refractivity contribution is 7.99. The van der Waals surface area contributed by atoms with Crippen LogP contribution >= 0.6 is 11.8 Å². The topological polar surface area (TPSA) is 77.7 Å². The standard InChI is InChI=1S/C23H25N3O4S/c1-4-26(12-18-13-28-19-7-5-6-8-20(19)29-18)21(27)14-31-23-25-24-22(30-23)17-10-9-15(2)16(3)11-17/h5-11,18H,4,12-14H2,1-3H3. The van der Waals surface area contributed by atoms with Gasteiger partial charge in [-0.15, -0.1) is 10.2 Å². The summed E-state index contributed by atoms with van der Waals surface area (Å²) in [6.45, 7) is 7.51. The van der Waals surface area contributed by atoms with Gasteiger partial charge in [-0.05, 0) is 56.2 Å². The number of likely N-dealkylation sites (N-methyl/N-ethyl adjacent to an activating group) is 1. The number of para-hydroxylation sites is 2. The summed E-state index contributed by atoms with van der Waals surface area (Å²) in [5, 5.41) is 8.57. The van der Waals surface area contributed by atoms with Crippen molar-refractivity contribution in [3.8, 4) is 23.0 Å². The molecule has 7 nitrogen and oxygen atoms in total. The molecular weight excluding hydrogens is 414 g/mol. The van der Waals surface area contributed by atoms with Crippen molar-refractivity contribution >= 4 is 17.7 Å². The second kappa shape index (κ2) is 9.43. The summed E-state index contributed by atoms with van der Waals surface area (Å²) in [7, 11) is 0.